The Morgan fingerprint density at radius 1 is 1.15 bits per heavy atom. The second kappa shape index (κ2) is 8.46. The Morgan fingerprint density at radius 2 is 1.79 bits per heavy atom. The molecule has 1 aliphatic carbocycles. The Kier molecular flexibility index (Phi) is 5.92. The number of carboxylic acid groups (broad SMARTS) is 1. The summed E-state index contributed by atoms with van der Waals surface area (Å²) in [5.41, 5.74) is 1.27. The molecular weight excluding hydrogens is 479 g/mol. The fourth-order valence-corrected chi connectivity index (χ4v) is 4.47. The van der Waals surface area contributed by atoms with Gasteiger partial charge in [0.2, 0.25) is 5.91 Å². The Balaban J connectivity index is 0.000000344. The van der Waals surface area contributed by atoms with E-state index < -0.39 is 29.3 Å². The third-order valence-corrected chi connectivity index (χ3v) is 6.41. The van der Waals surface area contributed by atoms with Crippen LogP contribution in [-0.4, -0.2) is 52.2 Å². The highest BCUT2D eigenvalue weighted by atomic mass is 35.5. The van der Waals surface area contributed by atoms with Crippen LogP contribution in [0.3, 0.4) is 0 Å². The molecule has 3 aliphatic rings. The largest absolute Gasteiger partial charge is 0.490 e. The van der Waals surface area contributed by atoms with Crippen molar-refractivity contribution in [2.75, 3.05) is 18.4 Å². The molecule has 1 aromatic carbocycles. The summed E-state index contributed by atoms with van der Waals surface area (Å²) < 4.78 is 37.4. The van der Waals surface area contributed by atoms with Gasteiger partial charge in [0, 0.05) is 29.7 Å². The Bertz CT molecular complexity index is 1140. The molecule has 0 radical (unpaired) electrons. The van der Waals surface area contributed by atoms with Gasteiger partial charge in [-0.2, -0.15) is 13.2 Å². The second-order valence-corrected chi connectivity index (χ2v) is 8.74. The van der Waals surface area contributed by atoms with E-state index in [1.165, 1.54) is 0 Å². The van der Waals surface area contributed by atoms with Crippen LogP contribution in [-0.2, 0) is 25.3 Å². The number of rotatable bonds is 2. The maximum absolute atomic E-state index is 13.4. The monoisotopic (exact) mass is 497 g/mol. The first-order chi connectivity index (χ1) is 16.0. The van der Waals surface area contributed by atoms with Crippen LogP contribution in [0.1, 0.15) is 30.4 Å². The van der Waals surface area contributed by atoms with E-state index in [2.05, 4.69) is 10.3 Å². The van der Waals surface area contributed by atoms with Crippen LogP contribution in [0.15, 0.2) is 42.7 Å². The van der Waals surface area contributed by atoms with Gasteiger partial charge < -0.3 is 14.7 Å². The third kappa shape index (κ3) is 4.39. The van der Waals surface area contributed by atoms with E-state index in [1.807, 2.05) is 35.2 Å². The van der Waals surface area contributed by atoms with Gasteiger partial charge in [-0.15, -0.1) is 0 Å². The van der Waals surface area contributed by atoms with Crippen molar-refractivity contribution in [3.63, 3.8) is 0 Å². The number of aromatic nitrogens is 1. The molecule has 2 aliphatic heterocycles. The zero-order valence-corrected chi connectivity index (χ0v) is 18.3. The Labute approximate surface area is 196 Å². The number of carbonyl (C=O) groups is 3. The van der Waals surface area contributed by atoms with Crippen molar-refractivity contribution in [1.29, 1.82) is 0 Å². The van der Waals surface area contributed by atoms with Crippen molar-refractivity contribution < 1.29 is 37.4 Å². The minimum Gasteiger partial charge on any atom is -0.475 e. The van der Waals surface area contributed by atoms with Gasteiger partial charge in [0.15, 0.2) is 5.60 Å². The highest BCUT2D eigenvalue weighted by Gasteiger charge is 2.57. The molecule has 0 bridgehead atoms. The number of ether oxygens (including phenoxy) is 1. The summed E-state index contributed by atoms with van der Waals surface area (Å²) in [6.45, 7) is 0.925. The number of nitrogens with one attached hydrogen (secondary N) is 1. The van der Waals surface area contributed by atoms with Gasteiger partial charge in [0.05, 0.1) is 23.8 Å². The summed E-state index contributed by atoms with van der Waals surface area (Å²) in [4.78, 5) is 40.2. The molecule has 1 unspecified atom stereocenters. The van der Waals surface area contributed by atoms with E-state index >= 15 is 0 Å². The smallest absolute Gasteiger partial charge is 0.475 e. The zero-order chi connectivity index (χ0) is 24.7. The van der Waals surface area contributed by atoms with E-state index in [4.69, 9.17) is 26.2 Å². The number of likely N-dealkylation sites (tertiary alicyclic amines) is 1. The lowest BCUT2D eigenvalue weighted by atomic mass is 9.91. The number of alkyl halides is 3. The molecule has 1 atom stereocenters. The van der Waals surface area contributed by atoms with Crippen LogP contribution in [0.4, 0.5) is 23.7 Å². The molecule has 1 aromatic heterocycles. The maximum atomic E-state index is 13.4. The number of aliphatic carboxylic acids is 1. The number of hydrogen-bond acceptors (Lipinski definition) is 5. The number of amides is 2. The first-order valence-corrected chi connectivity index (χ1v) is 10.6. The SMILES string of the molecule is O=C(O)C(F)(F)F.O=C1Nc2cnccc2C2(CCN(C(=O)C3(c4ccc(Cl)cc4)CC3)C2)O1. The standard InChI is InChI=1S/C20H18ClN3O3.C2HF3O2/c21-14-3-1-13(2-4-14)19(6-7-19)17(25)24-10-8-20(12-24)15-5-9-22-11-16(15)23-18(26)27-20;3-2(4,5)1(6)7/h1-5,9,11H,6-8,10,12H2,(H,23,26);(H,6,7). The minimum atomic E-state index is -5.08. The summed E-state index contributed by atoms with van der Waals surface area (Å²) in [6, 6.07) is 9.38. The number of carboxylic acids is 1. The molecule has 12 heteroatoms. The lowest BCUT2D eigenvalue weighted by Crippen LogP contribution is -2.44. The normalized spacial score (nSPS) is 22.1. The molecule has 5 rings (SSSR count). The molecule has 2 amide bonds. The molecule has 3 heterocycles. The van der Waals surface area contributed by atoms with Crippen molar-refractivity contribution in [1.82, 2.24) is 9.88 Å². The van der Waals surface area contributed by atoms with Crippen molar-refractivity contribution >= 4 is 35.3 Å². The van der Waals surface area contributed by atoms with E-state index in [0.29, 0.717) is 30.2 Å². The number of benzene rings is 1. The molecule has 2 fully saturated rings. The fourth-order valence-electron chi connectivity index (χ4n) is 4.34. The predicted octanol–water partition coefficient (Wildman–Crippen LogP) is 4.09. The van der Waals surface area contributed by atoms with Crippen LogP contribution in [0, 0.1) is 0 Å². The zero-order valence-electron chi connectivity index (χ0n) is 17.6. The topological polar surface area (TPSA) is 109 Å². The van der Waals surface area contributed by atoms with Crippen molar-refractivity contribution in [2.45, 2.75) is 36.5 Å². The number of halogens is 4. The average Bonchev–Trinajstić information content (AvgIpc) is 3.48. The minimum absolute atomic E-state index is 0.104. The van der Waals surface area contributed by atoms with Gasteiger partial charge >= 0.3 is 18.2 Å². The highest BCUT2D eigenvalue weighted by Crippen LogP contribution is 2.51. The van der Waals surface area contributed by atoms with Crippen molar-refractivity contribution in [3.05, 3.63) is 58.9 Å². The van der Waals surface area contributed by atoms with Gasteiger partial charge in [-0.05, 0) is 36.6 Å². The van der Waals surface area contributed by atoms with E-state index in [0.717, 1.165) is 24.0 Å². The summed E-state index contributed by atoms with van der Waals surface area (Å²) in [5.74, 6) is -2.65. The van der Waals surface area contributed by atoms with E-state index in [1.54, 1.807) is 12.4 Å². The molecule has 8 nitrogen and oxygen atoms in total. The summed E-state index contributed by atoms with van der Waals surface area (Å²) in [5, 5.41) is 10.5. The predicted molar refractivity (Wildman–Crippen MR) is 113 cm³/mol. The Morgan fingerprint density at radius 3 is 2.38 bits per heavy atom. The van der Waals surface area contributed by atoms with Crippen LogP contribution >= 0.6 is 11.6 Å². The van der Waals surface area contributed by atoms with Gasteiger partial charge in [-0.1, -0.05) is 23.7 Å². The summed E-state index contributed by atoms with van der Waals surface area (Å²) in [6.07, 6.45) is -0.0268. The van der Waals surface area contributed by atoms with Gasteiger partial charge in [-0.25, -0.2) is 9.59 Å². The molecular formula is C22H19ClF3N3O5. The molecule has 34 heavy (non-hydrogen) atoms. The number of nitrogens with zero attached hydrogens (tertiary/aromatic N) is 2. The van der Waals surface area contributed by atoms with Crippen molar-refractivity contribution in [3.8, 4) is 0 Å². The molecule has 1 spiro atoms. The third-order valence-electron chi connectivity index (χ3n) is 6.15. The quantitative estimate of drug-likeness (QED) is 0.647. The number of pyridine rings is 1. The van der Waals surface area contributed by atoms with Crippen molar-refractivity contribution in [2.24, 2.45) is 0 Å². The number of hydrogen-bond donors (Lipinski definition) is 2. The maximum Gasteiger partial charge on any atom is 0.490 e. The molecule has 2 N–H and O–H groups in total. The number of anilines is 1. The van der Waals surface area contributed by atoms with Crippen LogP contribution in [0.2, 0.25) is 5.02 Å². The first kappa shape index (κ1) is 23.8. The highest BCUT2D eigenvalue weighted by molar-refractivity contribution is 6.30. The van der Waals surface area contributed by atoms with Crippen LogP contribution in [0.25, 0.3) is 0 Å². The van der Waals surface area contributed by atoms with Crippen LogP contribution < -0.4 is 5.32 Å². The van der Waals surface area contributed by atoms with Gasteiger partial charge in [-0.3, -0.25) is 15.1 Å². The number of carbonyl (C=O) groups excluding carboxylic acids is 2. The summed E-state index contributed by atoms with van der Waals surface area (Å²) in [7, 11) is 0. The van der Waals surface area contributed by atoms with E-state index in [-0.39, 0.29) is 5.91 Å². The fraction of sp³-hybridized carbons (Fsp3) is 0.364. The molecule has 1 saturated heterocycles. The summed E-state index contributed by atoms with van der Waals surface area (Å²) >= 11 is 5.99. The lowest BCUT2D eigenvalue weighted by molar-refractivity contribution is -0.192. The second-order valence-electron chi connectivity index (χ2n) is 8.30. The van der Waals surface area contributed by atoms with Crippen LogP contribution in [0.5, 0.6) is 0 Å². The Hall–Kier alpha value is -3.34. The molecule has 1 saturated carbocycles. The molecule has 2 aromatic rings. The van der Waals surface area contributed by atoms with Gasteiger partial charge in [0.25, 0.3) is 0 Å². The van der Waals surface area contributed by atoms with Gasteiger partial charge in [0.1, 0.15) is 0 Å². The molecule has 180 valence electrons. The van der Waals surface area contributed by atoms with E-state index in [9.17, 15) is 22.8 Å². The average molecular weight is 498 g/mol. The first-order valence-electron chi connectivity index (χ1n) is 10.3. The number of fused-ring (bicyclic) bond motifs is 2. The lowest BCUT2D eigenvalue weighted by Gasteiger charge is -2.35.